The Balaban J connectivity index is 2.28. The van der Waals surface area contributed by atoms with Crippen LogP contribution in [0.1, 0.15) is 15.9 Å². The van der Waals surface area contributed by atoms with Crippen LogP contribution in [0.25, 0.3) is 0 Å². The molecule has 98 valence electrons. The topological polar surface area (TPSA) is 29.1 Å². The Kier molecular flexibility index (Phi) is 4.37. The van der Waals surface area contributed by atoms with Gasteiger partial charge in [0.1, 0.15) is 5.82 Å². The van der Waals surface area contributed by atoms with Gasteiger partial charge >= 0.3 is 0 Å². The molecule has 0 saturated heterocycles. The minimum Gasteiger partial charge on any atom is -0.322 e. The fourth-order valence-corrected chi connectivity index (χ4v) is 2.42. The number of benzene rings is 2. The van der Waals surface area contributed by atoms with Crippen molar-refractivity contribution in [2.75, 3.05) is 5.32 Å². The summed E-state index contributed by atoms with van der Waals surface area (Å²) in [6.45, 7) is 1.74. The second kappa shape index (κ2) is 5.84. The Morgan fingerprint density at radius 3 is 2.58 bits per heavy atom. The van der Waals surface area contributed by atoms with Gasteiger partial charge in [-0.3, -0.25) is 4.79 Å². The Labute approximate surface area is 127 Å². The van der Waals surface area contributed by atoms with Crippen LogP contribution in [0.15, 0.2) is 45.3 Å². The van der Waals surface area contributed by atoms with E-state index in [0.717, 1.165) is 4.47 Å². The molecule has 0 heterocycles. The third kappa shape index (κ3) is 3.42. The molecule has 0 saturated carbocycles. The molecule has 0 aliphatic heterocycles. The van der Waals surface area contributed by atoms with Crippen molar-refractivity contribution in [2.24, 2.45) is 0 Å². The van der Waals surface area contributed by atoms with Crippen LogP contribution >= 0.6 is 31.9 Å². The highest BCUT2D eigenvalue weighted by Crippen LogP contribution is 2.23. The third-order valence-electron chi connectivity index (χ3n) is 2.61. The van der Waals surface area contributed by atoms with Crippen LogP contribution in [-0.4, -0.2) is 5.91 Å². The zero-order chi connectivity index (χ0) is 14.0. The van der Waals surface area contributed by atoms with Gasteiger partial charge in [-0.1, -0.05) is 15.9 Å². The number of halogens is 3. The van der Waals surface area contributed by atoms with E-state index in [4.69, 9.17) is 0 Å². The van der Waals surface area contributed by atoms with Gasteiger partial charge in [-0.2, -0.15) is 0 Å². The van der Waals surface area contributed by atoms with E-state index in [1.807, 2.05) is 6.07 Å². The smallest absolute Gasteiger partial charge is 0.256 e. The van der Waals surface area contributed by atoms with Crippen molar-refractivity contribution in [3.8, 4) is 0 Å². The number of aryl methyl sites for hydroxylation is 1. The van der Waals surface area contributed by atoms with Gasteiger partial charge in [-0.15, -0.1) is 0 Å². The molecule has 0 spiro atoms. The SMILES string of the molecule is Cc1cc(F)ccc1NC(=O)c1cc(Br)ccc1Br. The molecule has 0 unspecified atom stereocenters. The molecule has 2 nitrogen and oxygen atoms in total. The maximum absolute atomic E-state index is 13.0. The first-order valence-electron chi connectivity index (χ1n) is 5.50. The van der Waals surface area contributed by atoms with E-state index in [0.29, 0.717) is 21.3 Å². The molecule has 2 rings (SSSR count). The molecule has 0 bridgehead atoms. The van der Waals surface area contributed by atoms with Crippen LogP contribution in [0.5, 0.6) is 0 Å². The van der Waals surface area contributed by atoms with Crippen molar-refractivity contribution in [1.82, 2.24) is 0 Å². The zero-order valence-corrected chi connectivity index (χ0v) is 13.2. The normalized spacial score (nSPS) is 10.3. The van der Waals surface area contributed by atoms with Crippen molar-refractivity contribution in [3.05, 3.63) is 62.3 Å². The second-order valence-corrected chi connectivity index (χ2v) is 5.81. The monoisotopic (exact) mass is 385 g/mol. The molecule has 0 atom stereocenters. The molecule has 1 amide bonds. The molecule has 0 radical (unpaired) electrons. The lowest BCUT2D eigenvalue weighted by molar-refractivity contribution is 0.102. The van der Waals surface area contributed by atoms with Gasteiger partial charge < -0.3 is 5.32 Å². The maximum atomic E-state index is 13.0. The molecule has 1 N–H and O–H groups in total. The highest BCUT2D eigenvalue weighted by Gasteiger charge is 2.12. The molecular weight excluding hydrogens is 377 g/mol. The summed E-state index contributed by atoms with van der Waals surface area (Å²) in [5, 5.41) is 2.77. The number of carbonyl (C=O) groups excluding carboxylic acids is 1. The molecule has 0 aliphatic rings. The maximum Gasteiger partial charge on any atom is 0.256 e. The van der Waals surface area contributed by atoms with Gasteiger partial charge in [0.15, 0.2) is 0 Å². The Bertz CT molecular complexity index is 643. The molecule has 0 aromatic heterocycles. The molecule has 5 heteroatoms. The highest BCUT2D eigenvalue weighted by atomic mass is 79.9. The lowest BCUT2D eigenvalue weighted by atomic mass is 10.1. The number of amides is 1. The van der Waals surface area contributed by atoms with Crippen LogP contribution in [-0.2, 0) is 0 Å². The third-order valence-corrected chi connectivity index (χ3v) is 3.79. The minimum atomic E-state index is -0.320. The predicted molar refractivity (Wildman–Crippen MR) is 80.9 cm³/mol. The first-order valence-corrected chi connectivity index (χ1v) is 7.08. The number of nitrogens with one attached hydrogen (secondary N) is 1. The summed E-state index contributed by atoms with van der Waals surface area (Å²) in [5.41, 5.74) is 1.79. The van der Waals surface area contributed by atoms with Gasteiger partial charge in [0.25, 0.3) is 5.91 Å². The van der Waals surface area contributed by atoms with Gasteiger partial charge in [0.05, 0.1) is 5.56 Å². The average molecular weight is 387 g/mol. The fraction of sp³-hybridized carbons (Fsp3) is 0.0714. The average Bonchev–Trinajstić information content (AvgIpc) is 2.35. The van der Waals surface area contributed by atoms with Crippen LogP contribution in [0.2, 0.25) is 0 Å². The number of hydrogen-bond acceptors (Lipinski definition) is 1. The van der Waals surface area contributed by atoms with E-state index in [1.54, 1.807) is 25.1 Å². The summed E-state index contributed by atoms with van der Waals surface area (Å²) < 4.78 is 14.5. The Morgan fingerprint density at radius 2 is 1.89 bits per heavy atom. The van der Waals surface area contributed by atoms with Gasteiger partial charge in [-0.25, -0.2) is 4.39 Å². The van der Waals surface area contributed by atoms with Crippen molar-refractivity contribution in [3.63, 3.8) is 0 Å². The first-order chi connectivity index (χ1) is 8.97. The Hall–Kier alpha value is -1.20. The summed E-state index contributed by atoms with van der Waals surface area (Å²) in [6, 6.07) is 9.59. The zero-order valence-electron chi connectivity index (χ0n) is 10.0. The molecular formula is C14H10Br2FNO. The lowest BCUT2D eigenvalue weighted by Gasteiger charge is -2.10. The van der Waals surface area contributed by atoms with E-state index in [-0.39, 0.29) is 11.7 Å². The summed E-state index contributed by atoms with van der Waals surface area (Å²) in [5.74, 6) is -0.568. The van der Waals surface area contributed by atoms with Crippen molar-refractivity contribution in [2.45, 2.75) is 6.92 Å². The van der Waals surface area contributed by atoms with Crippen LogP contribution < -0.4 is 5.32 Å². The van der Waals surface area contributed by atoms with E-state index >= 15 is 0 Å². The summed E-state index contributed by atoms with van der Waals surface area (Å²) >= 11 is 6.66. The number of hydrogen-bond donors (Lipinski definition) is 1. The summed E-state index contributed by atoms with van der Waals surface area (Å²) in [6.07, 6.45) is 0. The highest BCUT2D eigenvalue weighted by molar-refractivity contribution is 9.11. The Morgan fingerprint density at radius 1 is 1.16 bits per heavy atom. The standard InChI is InChI=1S/C14H10Br2FNO/c1-8-6-10(17)3-5-13(8)18-14(19)11-7-9(15)2-4-12(11)16/h2-7H,1H3,(H,18,19). The van der Waals surface area contributed by atoms with Crippen LogP contribution in [0.3, 0.4) is 0 Å². The number of anilines is 1. The molecule has 19 heavy (non-hydrogen) atoms. The summed E-state index contributed by atoms with van der Waals surface area (Å²) in [7, 11) is 0. The largest absolute Gasteiger partial charge is 0.322 e. The van der Waals surface area contributed by atoms with Gasteiger partial charge in [0, 0.05) is 14.6 Å². The van der Waals surface area contributed by atoms with Gasteiger partial charge in [-0.05, 0) is 64.8 Å². The molecule has 0 aliphatic carbocycles. The van der Waals surface area contributed by atoms with E-state index < -0.39 is 0 Å². The van der Waals surface area contributed by atoms with E-state index in [9.17, 15) is 9.18 Å². The van der Waals surface area contributed by atoms with Crippen LogP contribution in [0.4, 0.5) is 10.1 Å². The molecule has 2 aromatic carbocycles. The van der Waals surface area contributed by atoms with Crippen molar-refractivity contribution >= 4 is 43.5 Å². The minimum absolute atomic E-state index is 0.247. The van der Waals surface area contributed by atoms with Crippen molar-refractivity contribution < 1.29 is 9.18 Å². The quantitative estimate of drug-likeness (QED) is 0.780. The van der Waals surface area contributed by atoms with Gasteiger partial charge in [0.2, 0.25) is 0 Å². The predicted octanol–water partition coefficient (Wildman–Crippen LogP) is 4.91. The second-order valence-electron chi connectivity index (χ2n) is 4.04. The summed E-state index contributed by atoms with van der Waals surface area (Å²) in [4.78, 5) is 12.2. The van der Waals surface area contributed by atoms with E-state index in [2.05, 4.69) is 37.2 Å². The van der Waals surface area contributed by atoms with E-state index in [1.165, 1.54) is 12.1 Å². The molecule has 2 aromatic rings. The fourth-order valence-electron chi connectivity index (χ4n) is 1.63. The number of rotatable bonds is 2. The molecule has 0 fully saturated rings. The lowest BCUT2D eigenvalue weighted by Crippen LogP contribution is -2.13. The van der Waals surface area contributed by atoms with Crippen molar-refractivity contribution in [1.29, 1.82) is 0 Å². The first kappa shape index (κ1) is 14.2. The number of carbonyl (C=O) groups is 1. The van der Waals surface area contributed by atoms with Crippen LogP contribution in [0, 0.1) is 12.7 Å².